The minimum Gasteiger partial charge on any atom is -0.286 e. The fraction of sp³-hybridized carbons (Fsp3) is 1.00. The molecule has 0 rings (SSSR count). The molecule has 0 atom stereocenters. The van der Waals surface area contributed by atoms with Gasteiger partial charge in [0.05, 0.1) is 5.75 Å². The third-order valence-corrected chi connectivity index (χ3v) is 3.73. The fourth-order valence-electron chi connectivity index (χ4n) is 1.49. The van der Waals surface area contributed by atoms with E-state index in [4.69, 9.17) is 39.4 Å². The highest BCUT2D eigenvalue weighted by atomic mass is 35.6. The molecule has 3 nitrogen and oxygen atoms in total. The molecule has 0 aliphatic heterocycles. The van der Waals surface area contributed by atoms with Gasteiger partial charge >= 0.3 is 0 Å². The quantitative estimate of drug-likeness (QED) is 0.389. The molecule has 0 aliphatic carbocycles. The first kappa shape index (κ1) is 17.8. The van der Waals surface area contributed by atoms with Crippen molar-refractivity contribution < 1.29 is 13.0 Å². The summed E-state index contributed by atoms with van der Waals surface area (Å²) in [4.78, 5) is 0. The van der Waals surface area contributed by atoms with E-state index in [1.807, 2.05) is 0 Å². The highest BCUT2D eigenvalue weighted by molar-refractivity contribution is 7.85. The molecular weight excluding hydrogens is 307 g/mol. The molecule has 7 heteroatoms. The number of rotatable bonds is 9. The molecule has 0 heterocycles. The zero-order chi connectivity index (χ0) is 13.4. The van der Waals surface area contributed by atoms with Gasteiger partial charge in [0.15, 0.2) is 3.79 Å². The molecule has 0 aliphatic rings. The van der Waals surface area contributed by atoms with E-state index in [1.54, 1.807) is 0 Å². The van der Waals surface area contributed by atoms with Crippen molar-refractivity contribution in [3.8, 4) is 0 Å². The highest BCUT2D eigenvalue weighted by Crippen LogP contribution is 2.32. The van der Waals surface area contributed by atoms with Crippen molar-refractivity contribution in [2.24, 2.45) is 0 Å². The van der Waals surface area contributed by atoms with Gasteiger partial charge in [-0.2, -0.15) is 8.42 Å². The number of halogens is 3. The second kappa shape index (κ2) is 8.81. The van der Waals surface area contributed by atoms with Crippen LogP contribution in [0.25, 0.3) is 0 Å². The van der Waals surface area contributed by atoms with Crippen molar-refractivity contribution in [3.63, 3.8) is 0 Å². The van der Waals surface area contributed by atoms with E-state index in [0.29, 0.717) is 12.8 Å². The predicted octanol–water partition coefficient (Wildman–Crippen LogP) is 4.37. The minimum atomic E-state index is -3.79. The van der Waals surface area contributed by atoms with E-state index in [-0.39, 0.29) is 5.75 Å². The largest absolute Gasteiger partial charge is 0.286 e. The van der Waals surface area contributed by atoms with Gasteiger partial charge in [-0.1, -0.05) is 66.9 Å². The van der Waals surface area contributed by atoms with E-state index < -0.39 is 13.9 Å². The van der Waals surface area contributed by atoms with Crippen LogP contribution in [0, 0.1) is 0 Å². The van der Waals surface area contributed by atoms with Gasteiger partial charge in [0.1, 0.15) is 0 Å². The van der Waals surface area contributed by atoms with Gasteiger partial charge in [0, 0.05) is 0 Å². The Kier molecular flexibility index (Phi) is 9.21. The fourth-order valence-corrected chi connectivity index (χ4v) is 2.46. The second-order valence-corrected chi connectivity index (χ2v) is 8.21. The van der Waals surface area contributed by atoms with Gasteiger partial charge in [-0.15, -0.1) is 0 Å². The van der Waals surface area contributed by atoms with E-state index in [1.165, 1.54) is 0 Å². The molecular formula is C10H19Cl3O3S. The predicted molar refractivity (Wildman–Crippen MR) is 73.6 cm³/mol. The maximum Gasteiger partial charge on any atom is 0.264 e. The number of hydrogen-bond donors (Lipinski definition) is 1. The summed E-state index contributed by atoms with van der Waals surface area (Å²) in [6, 6.07) is 0. The van der Waals surface area contributed by atoms with Crippen LogP contribution >= 0.6 is 34.8 Å². The summed E-state index contributed by atoms with van der Waals surface area (Å²) >= 11 is 16.8. The maximum absolute atomic E-state index is 10.4. The number of unbranched alkanes of at least 4 members (excludes halogenated alkanes) is 6. The van der Waals surface area contributed by atoms with E-state index in [0.717, 1.165) is 38.5 Å². The lowest BCUT2D eigenvalue weighted by molar-refractivity contribution is 0.478. The summed E-state index contributed by atoms with van der Waals surface area (Å²) in [7, 11) is -3.79. The molecule has 17 heavy (non-hydrogen) atoms. The van der Waals surface area contributed by atoms with Crippen molar-refractivity contribution in [1.29, 1.82) is 0 Å². The average molecular weight is 326 g/mol. The molecule has 0 aromatic heterocycles. The smallest absolute Gasteiger partial charge is 0.264 e. The Bertz CT molecular complexity index is 286. The van der Waals surface area contributed by atoms with Crippen LogP contribution in [0.15, 0.2) is 0 Å². The first-order valence-electron chi connectivity index (χ1n) is 5.73. The Morgan fingerprint density at radius 2 is 1.24 bits per heavy atom. The summed E-state index contributed by atoms with van der Waals surface area (Å²) in [6.45, 7) is 0. The molecule has 0 spiro atoms. The van der Waals surface area contributed by atoms with Crippen LogP contribution in [-0.2, 0) is 10.1 Å². The van der Waals surface area contributed by atoms with Gasteiger partial charge in [-0.3, -0.25) is 4.55 Å². The topological polar surface area (TPSA) is 54.4 Å². The first-order valence-corrected chi connectivity index (χ1v) is 8.47. The summed E-state index contributed by atoms with van der Waals surface area (Å²) in [5, 5.41) is 0. The van der Waals surface area contributed by atoms with Crippen LogP contribution < -0.4 is 0 Å². The van der Waals surface area contributed by atoms with Gasteiger partial charge in [-0.25, -0.2) is 0 Å². The van der Waals surface area contributed by atoms with Crippen LogP contribution in [0.4, 0.5) is 0 Å². The van der Waals surface area contributed by atoms with E-state index in [2.05, 4.69) is 0 Å². The van der Waals surface area contributed by atoms with Gasteiger partial charge in [0.25, 0.3) is 10.1 Å². The lowest BCUT2D eigenvalue weighted by Gasteiger charge is -2.09. The molecule has 0 aromatic carbocycles. The highest BCUT2D eigenvalue weighted by Gasteiger charge is 2.17. The monoisotopic (exact) mass is 324 g/mol. The normalized spacial score (nSPS) is 12.9. The van der Waals surface area contributed by atoms with Crippen LogP contribution in [-0.4, -0.2) is 22.5 Å². The Labute approximate surface area is 119 Å². The maximum atomic E-state index is 10.4. The third kappa shape index (κ3) is 16.8. The van der Waals surface area contributed by atoms with Gasteiger partial charge in [-0.05, 0) is 19.3 Å². The molecule has 1 N–H and O–H groups in total. The summed E-state index contributed by atoms with van der Waals surface area (Å²) in [5.74, 6) is -0.139. The van der Waals surface area contributed by atoms with Crippen LogP contribution in [0.5, 0.6) is 0 Å². The summed E-state index contributed by atoms with van der Waals surface area (Å²) < 4.78 is 28.2. The molecule has 0 fully saturated rings. The van der Waals surface area contributed by atoms with Crippen molar-refractivity contribution in [2.75, 3.05) is 5.75 Å². The zero-order valence-corrected chi connectivity index (χ0v) is 12.8. The van der Waals surface area contributed by atoms with Crippen molar-refractivity contribution in [1.82, 2.24) is 0 Å². The third-order valence-electron chi connectivity index (χ3n) is 2.36. The van der Waals surface area contributed by atoms with Crippen LogP contribution in [0.2, 0.25) is 0 Å². The molecule has 0 saturated heterocycles. The Hall–Kier alpha value is 0.780. The molecule has 0 aromatic rings. The van der Waals surface area contributed by atoms with E-state index >= 15 is 0 Å². The zero-order valence-electron chi connectivity index (χ0n) is 9.67. The van der Waals surface area contributed by atoms with Crippen molar-refractivity contribution in [2.45, 2.75) is 55.2 Å². The molecule has 0 amide bonds. The lowest BCUT2D eigenvalue weighted by Crippen LogP contribution is -2.03. The van der Waals surface area contributed by atoms with Crippen molar-refractivity contribution in [3.05, 3.63) is 0 Å². The van der Waals surface area contributed by atoms with Crippen molar-refractivity contribution >= 4 is 44.9 Å². The van der Waals surface area contributed by atoms with Crippen LogP contribution in [0.1, 0.15) is 51.4 Å². The molecule has 0 bridgehead atoms. The SMILES string of the molecule is O=S(=O)(O)CCCCCCCCCC(Cl)(Cl)Cl. The standard InChI is InChI=1S/C10H19Cl3O3S/c11-10(12,13)8-6-4-2-1-3-5-7-9-17(14,15)16/h1-9H2,(H,14,15,16). The van der Waals surface area contributed by atoms with Gasteiger partial charge < -0.3 is 0 Å². The average Bonchev–Trinajstić information content (AvgIpc) is 2.11. The van der Waals surface area contributed by atoms with Gasteiger partial charge in [0.2, 0.25) is 0 Å². The summed E-state index contributed by atoms with van der Waals surface area (Å²) in [6.07, 6.45) is 6.91. The second-order valence-electron chi connectivity index (χ2n) is 4.13. The Morgan fingerprint density at radius 1 is 0.824 bits per heavy atom. The minimum absolute atomic E-state index is 0.139. The Balaban J connectivity index is 3.20. The Morgan fingerprint density at radius 3 is 1.65 bits per heavy atom. The van der Waals surface area contributed by atoms with Crippen LogP contribution in [0.3, 0.4) is 0 Å². The summed E-state index contributed by atoms with van der Waals surface area (Å²) in [5.41, 5.74) is 0. The lowest BCUT2D eigenvalue weighted by atomic mass is 10.1. The van der Waals surface area contributed by atoms with E-state index in [9.17, 15) is 8.42 Å². The molecule has 104 valence electrons. The first-order chi connectivity index (χ1) is 7.71. The molecule has 0 unspecified atom stereocenters. The molecule has 0 saturated carbocycles. The molecule has 0 radical (unpaired) electrons. The number of alkyl halides is 3. The number of hydrogen-bond acceptors (Lipinski definition) is 2.